The molecule has 3 saturated carbocycles. The Hall–Kier alpha value is -7.20. The molecule has 6 aliphatic rings. The summed E-state index contributed by atoms with van der Waals surface area (Å²) in [6, 6.07) is 33.6. The van der Waals surface area contributed by atoms with Crippen LogP contribution in [0.2, 0.25) is 0 Å². The number of hydrogen-bond acceptors (Lipinski definition) is 11. The summed E-state index contributed by atoms with van der Waals surface area (Å²) in [6.07, 6.45) is 10.3. The van der Waals surface area contributed by atoms with E-state index in [1.165, 1.54) is 61.0 Å². The minimum Gasteiger partial charge on any atom is -0.493 e. The molecule has 7 aromatic rings. The molecular formula is C64H72F3N9O3. The maximum atomic E-state index is 13.7. The number of benzene rings is 5. The highest BCUT2D eigenvalue weighted by Gasteiger charge is 2.62. The zero-order valence-electron chi connectivity index (χ0n) is 45.7. The lowest BCUT2D eigenvalue weighted by atomic mass is 10.1. The van der Waals surface area contributed by atoms with Crippen LogP contribution in [0.4, 0.5) is 24.5 Å². The van der Waals surface area contributed by atoms with Crippen molar-refractivity contribution in [3.63, 3.8) is 0 Å². The molecule has 3 saturated heterocycles. The third-order valence-electron chi connectivity index (χ3n) is 17.7. The number of aryl methyl sites for hydroxylation is 3. The van der Waals surface area contributed by atoms with Crippen molar-refractivity contribution < 1.29 is 27.4 Å². The molecule has 412 valence electrons. The number of nitrogens with zero attached hydrogens (tertiary/aromatic N) is 5. The maximum absolute atomic E-state index is 13.7. The van der Waals surface area contributed by atoms with E-state index < -0.39 is 0 Å². The summed E-state index contributed by atoms with van der Waals surface area (Å²) in [4.78, 5) is 12.0. The van der Waals surface area contributed by atoms with Gasteiger partial charge in [0.05, 0.1) is 38.1 Å². The molecule has 6 fully saturated rings. The first kappa shape index (κ1) is 53.8. The van der Waals surface area contributed by atoms with Crippen LogP contribution in [0.1, 0.15) is 64.0 Å². The van der Waals surface area contributed by atoms with Crippen molar-refractivity contribution in [3.05, 3.63) is 184 Å². The number of nitrogens with two attached hydrogens (primary N) is 1. The number of pyridine rings is 1. The van der Waals surface area contributed by atoms with Crippen LogP contribution in [0.15, 0.2) is 122 Å². The quantitative estimate of drug-likeness (QED) is 0.0488. The molecule has 12 nitrogen and oxygen atoms in total. The van der Waals surface area contributed by atoms with Crippen molar-refractivity contribution in [1.82, 2.24) is 24.1 Å². The highest BCUT2D eigenvalue weighted by Crippen LogP contribution is 2.60. The highest BCUT2D eigenvalue weighted by molar-refractivity contribution is 5.86. The number of nitrogen functional groups attached to an aromatic ring is 1. The monoisotopic (exact) mass is 1070 g/mol. The predicted octanol–water partition coefficient (Wildman–Crippen LogP) is 11.4. The fraction of sp³-hybridized carbons (Fsp3) is 0.391. The number of halogens is 3. The van der Waals surface area contributed by atoms with E-state index in [0.717, 1.165) is 87.1 Å². The summed E-state index contributed by atoms with van der Waals surface area (Å²) >= 11 is 0. The van der Waals surface area contributed by atoms with Crippen molar-refractivity contribution >= 4 is 29.3 Å². The molecule has 5 heterocycles. The van der Waals surface area contributed by atoms with Crippen molar-refractivity contribution in [3.8, 4) is 17.2 Å². The Labute approximate surface area is 461 Å². The van der Waals surface area contributed by atoms with E-state index in [-0.39, 0.29) is 33.7 Å². The van der Waals surface area contributed by atoms with Gasteiger partial charge < -0.3 is 40.5 Å². The van der Waals surface area contributed by atoms with Gasteiger partial charge in [-0.05, 0) is 140 Å². The number of hydrogen-bond donors (Lipinski definition) is 4. The molecule has 0 radical (unpaired) electrons. The van der Waals surface area contributed by atoms with Crippen molar-refractivity contribution in [2.24, 2.45) is 34.0 Å². The lowest BCUT2D eigenvalue weighted by molar-refractivity contribution is 0.198. The van der Waals surface area contributed by atoms with E-state index in [4.69, 9.17) is 30.8 Å². The van der Waals surface area contributed by atoms with Gasteiger partial charge in [-0.2, -0.15) is 0 Å². The molecule has 0 amide bonds. The molecule has 0 spiro atoms. The summed E-state index contributed by atoms with van der Waals surface area (Å²) < 4.78 is 61.0. The van der Waals surface area contributed by atoms with Gasteiger partial charge in [0.2, 0.25) is 0 Å². The van der Waals surface area contributed by atoms with E-state index in [1.54, 1.807) is 39.0 Å². The zero-order valence-corrected chi connectivity index (χ0v) is 45.7. The maximum Gasteiger partial charge on any atom is 0.129 e. The first-order valence-corrected chi connectivity index (χ1v) is 27.6. The largest absolute Gasteiger partial charge is 0.493 e. The summed E-state index contributed by atoms with van der Waals surface area (Å²) in [5, 5.41) is 18.1. The van der Waals surface area contributed by atoms with Gasteiger partial charge in [0, 0.05) is 135 Å². The Morgan fingerprint density at radius 1 is 0.595 bits per heavy atom. The predicted molar refractivity (Wildman–Crippen MR) is 305 cm³/mol. The van der Waals surface area contributed by atoms with Gasteiger partial charge in [0.1, 0.15) is 40.5 Å². The molecule has 3 aliphatic heterocycles. The normalized spacial score (nSPS) is 24.3. The lowest BCUT2D eigenvalue weighted by Crippen LogP contribution is -2.28. The number of piperidine rings is 3. The minimum absolute atomic E-state index is 0.202. The molecular weight excluding hydrogens is 1000 g/mol. The third kappa shape index (κ3) is 11.9. The summed E-state index contributed by atoms with van der Waals surface area (Å²) in [5.74, 6) is 4.33. The molecule has 15 heteroatoms. The zero-order chi connectivity index (χ0) is 55.1. The Balaban J connectivity index is 0.000000125. The van der Waals surface area contributed by atoms with Gasteiger partial charge in [-0.3, -0.25) is 14.7 Å². The Bertz CT molecular complexity index is 3390. The standard InChI is InChI=1S/C22H26FN3O.C21H22FN3O.C21H24FN3O/c1-15-3-5-19(8-20(15)23)27-14-22-9-18(22)12-26(13-22)11-16-4-6-21(25-2)17(7-16)10-24;1-15-5-6-18(8-19(15)22)26-14-21-9-16(21)11-24(13-21)12-20-23-10-17-4-2-3-7-25(17)20;1-14-2-4-18(7-19(14)22)26-13-21-8-17(21)11-25(12-21)10-15-3-5-20(24)16(6-15)9-23/h3-8,10,18,24-25H,9,11-14H2,1-2H3;2-8,10,16H,9,11-14H2,1H3;2-7,9,17,23H,8,10-13,24H2,1H3. The molecule has 0 bridgehead atoms. The van der Waals surface area contributed by atoms with E-state index in [2.05, 4.69) is 53.8 Å². The van der Waals surface area contributed by atoms with Gasteiger partial charge in [-0.15, -0.1) is 0 Å². The van der Waals surface area contributed by atoms with Crippen LogP contribution in [0.25, 0.3) is 5.52 Å². The lowest BCUT2D eigenvalue weighted by Gasteiger charge is -2.21. The number of aromatic nitrogens is 2. The number of nitrogens with one attached hydrogen (secondary N) is 3. The fourth-order valence-corrected chi connectivity index (χ4v) is 12.6. The molecule has 5 aromatic carbocycles. The Morgan fingerprint density at radius 3 is 1.51 bits per heavy atom. The smallest absolute Gasteiger partial charge is 0.129 e. The number of rotatable bonds is 18. The topological polar surface area (TPSA) is 140 Å². The summed E-state index contributed by atoms with van der Waals surface area (Å²) in [6.45, 7) is 16.1. The second-order valence-corrected chi connectivity index (χ2v) is 23.5. The second kappa shape index (κ2) is 22.1. The van der Waals surface area contributed by atoms with Crippen molar-refractivity contribution in [1.29, 1.82) is 10.8 Å². The molecule has 6 unspecified atom stereocenters. The van der Waals surface area contributed by atoms with Crippen LogP contribution in [0.5, 0.6) is 17.2 Å². The average molecular weight is 1070 g/mol. The van der Waals surface area contributed by atoms with E-state index in [9.17, 15) is 13.2 Å². The molecule has 5 N–H and O–H groups in total. The number of anilines is 2. The van der Waals surface area contributed by atoms with Gasteiger partial charge in [0.25, 0.3) is 0 Å². The SMILES string of the molecule is CNc1ccc(CN2CC3CC3(COc3ccc(C)c(F)c3)C2)cc1C=N.Cc1ccc(OCC23CC2CN(Cc2ccc(N)c(C=N)c2)C3)cc1F.Cc1ccc(OCC23CC2CN(Cc2ncc4ccccn24)C3)cc1F. The van der Waals surface area contributed by atoms with Crippen LogP contribution in [0.3, 0.4) is 0 Å². The minimum atomic E-state index is -0.217. The van der Waals surface area contributed by atoms with Gasteiger partial charge >= 0.3 is 0 Å². The highest BCUT2D eigenvalue weighted by atomic mass is 19.1. The average Bonchev–Trinajstić information content (AvgIpc) is 4.46. The number of likely N-dealkylation sites (tertiary alicyclic amines) is 3. The van der Waals surface area contributed by atoms with E-state index >= 15 is 0 Å². The Kier molecular flexibility index (Phi) is 15.1. The van der Waals surface area contributed by atoms with E-state index in [0.29, 0.717) is 77.2 Å². The van der Waals surface area contributed by atoms with Crippen molar-refractivity contribution in [2.75, 3.05) is 77.2 Å². The molecule has 6 atom stereocenters. The van der Waals surface area contributed by atoms with Crippen LogP contribution in [-0.2, 0) is 19.6 Å². The first-order valence-electron chi connectivity index (χ1n) is 27.6. The van der Waals surface area contributed by atoms with Gasteiger partial charge in [-0.1, -0.05) is 36.4 Å². The Morgan fingerprint density at radius 2 is 1.05 bits per heavy atom. The van der Waals surface area contributed by atoms with Gasteiger partial charge in [-0.25, -0.2) is 18.2 Å². The second-order valence-electron chi connectivity index (χ2n) is 23.5. The number of imidazole rings is 1. The van der Waals surface area contributed by atoms with Crippen LogP contribution in [-0.4, -0.2) is 103 Å². The molecule has 3 aliphatic carbocycles. The fourth-order valence-electron chi connectivity index (χ4n) is 12.6. The summed E-state index contributed by atoms with van der Waals surface area (Å²) in [7, 11) is 1.87. The molecule has 2 aromatic heterocycles. The first-order chi connectivity index (χ1) is 38.1. The van der Waals surface area contributed by atoms with Crippen molar-refractivity contribution in [2.45, 2.75) is 59.7 Å². The van der Waals surface area contributed by atoms with Crippen LogP contribution < -0.4 is 25.3 Å². The molecule has 79 heavy (non-hydrogen) atoms. The van der Waals surface area contributed by atoms with E-state index in [1.807, 2.05) is 67.8 Å². The summed E-state index contributed by atoms with van der Waals surface area (Å²) in [5.41, 5.74) is 15.3. The molecule has 13 rings (SSSR count). The number of fused-ring (bicyclic) bond motifs is 4. The van der Waals surface area contributed by atoms with Crippen LogP contribution in [0, 0.1) is 83.0 Å². The number of ether oxygens (including phenoxy) is 3. The van der Waals surface area contributed by atoms with Gasteiger partial charge in [0.15, 0.2) is 0 Å². The third-order valence-corrected chi connectivity index (χ3v) is 17.7. The van der Waals surface area contributed by atoms with Crippen LogP contribution >= 0.6 is 0 Å².